The zero-order chi connectivity index (χ0) is 18.5. The summed E-state index contributed by atoms with van der Waals surface area (Å²) < 4.78 is 19.0. The highest BCUT2D eigenvalue weighted by molar-refractivity contribution is 5.68. The molecule has 1 fully saturated rings. The number of hydrogen-bond acceptors (Lipinski definition) is 5. The average Bonchev–Trinajstić information content (AvgIpc) is 2.60. The van der Waals surface area contributed by atoms with E-state index < -0.39 is 16.8 Å². The lowest BCUT2D eigenvalue weighted by Gasteiger charge is -2.36. The fourth-order valence-corrected chi connectivity index (χ4v) is 2.74. The van der Waals surface area contributed by atoms with Crippen molar-refractivity contribution in [1.29, 1.82) is 0 Å². The third kappa shape index (κ3) is 4.47. The number of amides is 1. The van der Waals surface area contributed by atoms with Crippen molar-refractivity contribution in [2.24, 2.45) is 0 Å². The number of ether oxygens (including phenoxy) is 1. The van der Waals surface area contributed by atoms with Gasteiger partial charge >= 0.3 is 6.09 Å². The van der Waals surface area contributed by atoms with Crippen molar-refractivity contribution < 1.29 is 18.8 Å². The molecule has 0 bridgehead atoms. The predicted octanol–water partition coefficient (Wildman–Crippen LogP) is 3.60. The Hall–Kier alpha value is -3.16. The van der Waals surface area contributed by atoms with Crippen LogP contribution in [-0.4, -0.2) is 23.1 Å². The summed E-state index contributed by atoms with van der Waals surface area (Å²) in [7, 11) is 0. The molecule has 0 saturated heterocycles. The maximum atomic E-state index is 13.8. The summed E-state index contributed by atoms with van der Waals surface area (Å²) in [5.74, 6) is -0.669. The Morgan fingerprint density at radius 3 is 2.58 bits per heavy atom. The van der Waals surface area contributed by atoms with E-state index in [0.29, 0.717) is 12.8 Å². The number of anilines is 1. The van der Waals surface area contributed by atoms with E-state index in [1.165, 1.54) is 12.1 Å². The van der Waals surface area contributed by atoms with Crippen LogP contribution in [0.4, 0.5) is 20.6 Å². The first-order valence-electron chi connectivity index (χ1n) is 8.19. The van der Waals surface area contributed by atoms with Crippen LogP contribution in [0.2, 0.25) is 0 Å². The number of nitrogens with one attached hydrogen (secondary N) is 2. The second-order valence-electron chi connectivity index (χ2n) is 6.14. The van der Waals surface area contributed by atoms with Crippen molar-refractivity contribution in [3.63, 3.8) is 0 Å². The molecule has 1 aliphatic rings. The van der Waals surface area contributed by atoms with Gasteiger partial charge in [0.15, 0.2) is 5.82 Å². The van der Waals surface area contributed by atoms with Crippen molar-refractivity contribution in [1.82, 2.24) is 5.32 Å². The van der Waals surface area contributed by atoms with Crippen LogP contribution in [-0.2, 0) is 11.3 Å². The van der Waals surface area contributed by atoms with E-state index in [1.807, 2.05) is 30.3 Å². The number of nitro groups is 1. The van der Waals surface area contributed by atoms with E-state index in [-0.39, 0.29) is 30.1 Å². The Balaban J connectivity index is 1.40. The Labute approximate surface area is 149 Å². The van der Waals surface area contributed by atoms with Crippen LogP contribution in [0.1, 0.15) is 18.4 Å². The van der Waals surface area contributed by atoms with Gasteiger partial charge in [-0.2, -0.15) is 0 Å². The number of hydrogen-bond donors (Lipinski definition) is 2. The predicted molar refractivity (Wildman–Crippen MR) is 93.2 cm³/mol. The molecular weight excluding hydrogens is 341 g/mol. The van der Waals surface area contributed by atoms with Gasteiger partial charge in [0.05, 0.1) is 16.7 Å². The number of carbonyl (C=O) groups is 1. The first kappa shape index (κ1) is 17.7. The number of alkyl carbamates (subject to hydrolysis) is 1. The topological polar surface area (TPSA) is 93.5 Å². The van der Waals surface area contributed by atoms with Gasteiger partial charge in [-0.15, -0.1) is 0 Å². The summed E-state index contributed by atoms with van der Waals surface area (Å²) in [5, 5.41) is 16.4. The smallest absolute Gasteiger partial charge is 0.407 e. The molecule has 1 amide bonds. The number of halogens is 1. The quantitative estimate of drug-likeness (QED) is 0.607. The molecule has 0 radical (unpaired) electrons. The van der Waals surface area contributed by atoms with Crippen molar-refractivity contribution in [2.75, 3.05) is 5.32 Å². The van der Waals surface area contributed by atoms with Gasteiger partial charge in [0.25, 0.3) is 5.69 Å². The summed E-state index contributed by atoms with van der Waals surface area (Å²) in [5.41, 5.74) is 0.831. The largest absolute Gasteiger partial charge is 0.445 e. The molecule has 2 N–H and O–H groups in total. The molecule has 7 nitrogen and oxygen atoms in total. The van der Waals surface area contributed by atoms with E-state index in [4.69, 9.17) is 4.74 Å². The Bertz CT molecular complexity index is 794. The normalized spacial score (nSPS) is 18.5. The second-order valence-corrected chi connectivity index (χ2v) is 6.14. The van der Waals surface area contributed by atoms with Crippen molar-refractivity contribution in [3.05, 3.63) is 70.0 Å². The lowest BCUT2D eigenvalue weighted by atomic mass is 9.86. The highest BCUT2D eigenvalue weighted by Crippen LogP contribution is 2.27. The molecule has 0 spiro atoms. The zero-order valence-electron chi connectivity index (χ0n) is 13.9. The molecule has 2 aromatic carbocycles. The minimum absolute atomic E-state index is 0.00891. The van der Waals surface area contributed by atoms with E-state index in [2.05, 4.69) is 10.6 Å². The lowest BCUT2D eigenvalue weighted by Crippen LogP contribution is -2.49. The van der Waals surface area contributed by atoms with Crippen LogP contribution in [0.3, 0.4) is 0 Å². The summed E-state index contributed by atoms with van der Waals surface area (Å²) in [4.78, 5) is 21.7. The van der Waals surface area contributed by atoms with Crippen LogP contribution >= 0.6 is 0 Å². The van der Waals surface area contributed by atoms with Crippen LogP contribution in [0.25, 0.3) is 0 Å². The number of nitrogens with zero attached hydrogens (tertiary/aromatic N) is 1. The third-order valence-electron chi connectivity index (χ3n) is 4.20. The van der Waals surface area contributed by atoms with Crippen molar-refractivity contribution in [3.8, 4) is 0 Å². The van der Waals surface area contributed by atoms with E-state index in [1.54, 1.807) is 0 Å². The molecule has 136 valence electrons. The maximum absolute atomic E-state index is 13.8. The van der Waals surface area contributed by atoms with Crippen LogP contribution in [0.15, 0.2) is 48.5 Å². The third-order valence-corrected chi connectivity index (χ3v) is 4.20. The van der Waals surface area contributed by atoms with Crippen molar-refractivity contribution in [2.45, 2.75) is 31.5 Å². The summed E-state index contributed by atoms with van der Waals surface area (Å²) in [6, 6.07) is 12.8. The van der Waals surface area contributed by atoms with E-state index >= 15 is 0 Å². The minimum atomic E-state index is -0.669. The highest BCUT2D eigenvalue weighted by Gasteiger charge is 2.31. The fourth-order valence-electron chi connectivity index (χ4n) is 2.74. The molecule has 3 rings (SSSR count). The molecule has 8 heteroatoms. The number of non-ortho nitro benzene ring substituents is 1. The maximum Gasteiger partial charge on any atom is 0.407 e. The van der Waals surface area contributed by atoms with Gasteiger partial charge in [-0.25, -0.2) is 9.18 Å². The van der Waals surface area contributed by atoms with Crippen LogP contribution < -0.4 is 10.6 Å². The SMILES string of the molecule is O=C(NC1CC(Nc2ccc([N+](=O)[O-])cc2F)C1)OCc1ccccc1. The number of nitro benzene ring substituents is 1. The Morgan fingerprint density at radius 1 is 1.19 bits per heavy atom. The molecule has 26 heavy (non-hydrogen) atoms. The van der Waals surface area contributed by atoms with Gasteiger partial charge in [-0.3, -0.25) is 10.1 Å². The van der Waals surface area contributed by atoms with Gasteiger partial charge in [-0.05, 0) is 24.5 Å². The molecule has 2 aromatic rings. The fraction of sp³-hybridized carbons (Fsp3) is 0.278. The molecule has 0 aliphatic heterocycles. The molecule has 0 atom stereocenters. The monoisotopic (exact) mass is 359 g/mol. The molecule has 1 saturated carbocycles. The van der Waals surface area contributed by atoms with Gasteiger partial charge in [0.2, 0.25) is 0 Å². The van der Waals surface area contributed by atoms with E-state index in [9.17, 15) is 19.3 Å². The first-order valence-corrected chi connectivity index (χ1v) is 8.19. The standard InChI is InChI=1S/C18H18FN3O4/c19-16-10-15(22(24)25)6-7-17(16)20-13-8-14(9-13)21-18(23)26-11-12-4-2-1-3-5-12/h1-7,10,13-14,20H,8-9,11H2,(H,21,23). The van der Waals surface area contributed by atoms with Gasteiger partial charge in [-0.1, -0.05) is 30.3 Å². The Morgan fingerprint density at radius 2 is 1.92 bits per heavy atom. The number of benzene rings is 2. The molecule has 1 aliphatic carbocycles. The summed E-state index contributed by atoms with van der Waals surface area (Å²) >= 11 is 0. The minimum Gasteiger partial charge on any atom is -0.445 e. The number of carbonyl (C=O) groups excluding carboxylic acids is 1. The molecular formula is C18H18FN3O4. The number of rotatable bonds is 6. The van der Waals surface area contributed by atoms with E-state index in [0.717, 1.165) is 11.6 Å². The summed E-state index contributed by atoms with van der Waals surface area (Å²) in [6.07, 6.45) is 0.757. The average molecular weight is 359 g/mol. The second kappa shape index (κ2) is 7.81. The first-order chi connectivity index (χ1) is 12.5. The van der Waals surface area contributed by atoms with Crippen LogP contribution in [0, 0.1) is 15.9 Å². The van der Waals surface area contributed by atoms with Crippen molar-refractivity contribution >= 4 is 17.5 Å². The van der Waals surface area contributed by atoms with Crippen LogP contribution in [0.5, 0.6) is 0 Å². The molecule has 0 heterocycles. The lowest BCUT2D eigenvalue weighted by molar-refractivity contribution is -0.385. The van der Waals surface area contributed by atoms with Gasteiger partial charge < -0.3 is 15.4 Å². The van der Waals surface area contributed by atoms with Gasteiger partial charge in [0, 0.05) is 18.2 Å². The summed E-state index contributed by atoms with van der Waals surface area (Å²) in [6.45, 7) is 0.203. The zero-order valence-corrected chi connectivity index (χ0v) is 13.9. The Kier molecular flexibility index (Phi) is 5.31. The molecule has 0 unspecified atom stereocenters. The molecule has 0 aromatic heterocycles. The highest BCUT2D eigenvalue weighted by atomic mass is 19.1. The van der Waals surface area contributed by atoms with Gasteiger partial charge in [0.1, 0.15) is 6.61 Å².